The second-order valence-corrected chi connectivity index (χ2v) is 9.29. The number of benzene rings is 2. The Labute approximate surface area is 213 Å². The first kappa shape index (κ1) is 25.1. The van der Waals surface area contributed by atoms with Crippen LogP contribution in [0.5, 0.6) is 11.5 Å². The summed E-state index contributed by atoms with van der Waals surface area (Å²) in [5, 5.41) is 18.1. The van der Waals surface area contributed by atoms with Gasteiger partial charge in [0.1, 0.15) is 16.4 Å². The number of para-hydroxylation sites is 1. The molecule has 4 aromatic rings. The summed E-state index contributed by atoms with van der Waals surface area (Å²) >= 11 is 0.903. The molecule has 0 saturated heterocycles. The van der Waals surface area contributed by atoms with E-state index in [0.29, 0.717) is 17.1 Å². The lowest BCUT2D eigenvalue weighted by Gasteiger charge is -2.15. The highest BCUT2D eigenvalue weighted by Crippen LogP contribution is 2.34. The van der Waals surface area contributed by atoms with Crippen LogP contribution in [-0.4, -0.2) is 40.1 Å². The molecule has 0 unspecified atom stereocenters. The Morgan fingerprint density at radius 1 is 1.00 bits per heavy atom. The number of methoxy groups -OCH3 is 2. The predicted octanol–water partition coefficient (Wildman–Crippen LogP) is 6.00. The van der Waals surface area contributed by atoms with Gasteiger partial charge in [0.2, 0.25) is 5.89 Å². The maximum atomic E-state index is 12.1. The fourth-order valence-electron chi connectivity index (χ4n) is 4.10. The van der Waals surface area contributed by atoms with Gasteiger partial charge >= 0.3 is 5.97 Å². The molecule has 2 aromatic carbocycles. The Morgan fingerprint density at radius 2 is 1.64 bits per heavy atom. The van der Waals surface area contributed by atoms with Gasteiger partial charge in [0, 0.05) is 23.0 Å². The highest BCUT2D eigenvalue weighted by molar-refractivity contribution is 8.03. The van der Waals surface area contributed by atoms with Crippen molar-refractivity contribution in [2.75, 3.05) is 14.2 Å². The van der Waals surface area contributed by atoms with E-state index < -0.39 is 5.97 Å². The first-order chi connectivity index (χ1) is 17.2. The van der Waals surface area contributed by atoms with Crippen LogP contribution >= 0.6 is 11.8 Å². The lowest BCUT2D eigenvalue weighted by Crippen LogP contribution is -2.04. The first-order valence-electron chi connectivity index (χ1n) is 11.2. The summed E-state index contributed by atoms with van der Waals surface area (Å²) in [6.07, 6.45) is 1.64. The van der Waals surface area contributed by atoms with Crippen molar-refractivity contribution in [2.45, 2.75) is 32.9 Å². The Kier molecular flexibility index (Phi) is 7.21. The number of carbonyl (C=O) groups is 1. The smallest absolute Gasteiger partial charge is 0.342 e. The van der Waals surface area contributed by atoms with E-state index in [4.69, 9.17) is 13.9 Å². The van der Waals surface area contributed by atoms with Crippen molar-refractivity contribution in [1.82, 2.24) is 14.8 Å². The number of carboxylic acids is 1. The number of thioether (sulfide) groups is 1. The van der Waals surface area contributed by atoms with Gasteiger partial charge in [-0.2, -0.15) is 0 Å². The van der Waals surface area contributed by atoms with Crippen molar-refractivity contribution in [3.8, 4) is 28.6 Å². The molecule has 0 radical (unpaired) electrons. The number of aryl methyl sites for hydroxylation is 3. The van der Waals surface area contributed by atoms with Gasteiger partial charge in [-0.3, -0.25) is 0 Å². The normalized spacial score (nSPS) is 11.6. The molecule has 186 valence electrons. The van der Waals surface area contributed by atoms with Crippen LogP contribution in [0.3, 0.4) is 0 Å². The Bertz CT molecular complexity index is 1430. The quantitative estimate of drug-likeness (QED) is 0.230. The molecule has 4 rings (SSSR count). The molecule has 0 aliphatic heterocycles. The van der Waals surface area contributed by atoms with Gasteiger partial charge in [-0.25, -0.2) is 4.79 Å². The summed E-state index contributed by atoms with van der Waals surface area (Å²) in [6.45, 7) is 8.13. The molecule has 0 bridgehead atoms. The van der Waals surface area contributed by atoms with Gasteiger partial charge < -0.3 is 23.6 Å². The third kappa shape index (κ3) is 5.01. The van der Waals surface area contributed by atoms with E-state index in [1.54, 1.807) is 38.5 Å². The van der Waals surface area contributed by atoms with Crippen LogP contribution in [0.2, 0.25) is 0 Å². The monoisotopic (exact) mass is 505 g/mol. The van der Waals surface area contributed by atoms with Gasteiger partial charge in [-0.15, -0.1) is 10.2 Å². The molecule has 8 nitrogen and oxygen atoms in total. The summed E-state index contributed by atoms with van der Waals surface area (Å²) in [5.41, 5.74) is 6.75. The maximum Gasteiger partial charge on any atom is 0.342 e. The van der Waals surface area contributed by atoms with Crippen molar-refractivity contribution in [1.29, 1.82) is 0 Å². The number of carboxylic acid groups (broad SMARTS) is 1. The van der Waals surface area contributed by atoms with Crippen molar-refractivity contribution in [2.24, 2.45) is 0 Å². The molecular weight excluding hydrogens is 478 g/mol. The predicted molar refractivity (Wildman–Crippen MR) is 139 cm³/mol. The van der Waals surface area contributed by atoms with Gasteiger partial charge in [0.25, 0.3) is 5.22 Å². The molecule has 0 aliphatic rings. The van der Waals surface area contributed by atoms with Crippen LogP contribution in [0.4, 0.5) is 0 Å². The summed E-state index contributed by atoms with van der Waals surface area (Å²) in [7, 11) is 3.10. The number of hydrogen-bond acceptors (Lipinski definition) is 7. The fourth-order valence-corrected chi connectivity index (χ4v) is 4.77. The average molecular weight is 506 g/mol. The summed E-state index contributed by atoms with van der Waals surface area (Å²) in [4.78, 5) is 12.2. The lowest BCUT2D eigenvalue weighted by molar-refractivity contribution is -0.131. The minimum Gasteiger partial charge on any atom is -0.497 e. The average Bonchev–Trinajstić information content (AvgIpc) is 3.43. The Morgan fingerprint density at radius 3 is 2.22 bits per heavy atom. The van der Waals surface area contributed by atoms with E-state index in [1.807, 2.05) is 26.0 Å². The van der Waals surface area contributed by atoms with Crippen molar-refractivity contribution >= 4 is 23.8 Å². The van der Waals surface area contributed by atoms with Crippen LogP contribution in [0, 0.1) is 27.7 Å². The van der Waals surface area contributed by atoms with Crippen molar-refractivity contribution < 1.29 is 23.8 Å². The second-order valence-electron chi connectivity index (χ2n) is 8.29. The van der Waals surface area contributed by atoms with E-state index >= 15 is 0 Å². The standard InChI is InChI=1S/C27H27N3O5S/c1-15-8-7-9-16(2)24(15)30-17(3)10-19(18(30)4)13-23(26(31)32)36-27-29-28-25(35-27)20-11-21(33-5)14-22(12-20)34-6/h7-14H,1-6H3,(H,31,32)/b23-13-. The van der Waals surface area contributed by atoms with E-state index in [9.17, 15) is 9.90 Å². The summed E-state index contributed by atoms with van der Waals surface area (Å²) in [5.74, 6) is 0.288. The molecule has 0 atom stereocenters. The molecular formula is C27H27N3O5S. The number of aliphatic carboxylic acids is 1. The maximum absolute atomic E-state index is 12.1. The SMILES string of the molecule is COc1cc(OC)cc(-c2nnc(S/C(=C\c3cc(C)n(-c4c(C)cccc4C)c3C)C(=O)O)o2)c1. The van der Waals surface area contributed by atoms with E-state index in [0.717, 1.165) is 45.5 Å². The van der Waals surface area contributed by atoms with Crippen LogP contribution in [-0.2, 0) is 4.79 Å². The number of aromatic nitrogens is 3. The van der Waals surface area contributed by atoms with E-state index in [-0.39, 0.29) is 16.0 Å². The number of ether oxygens (including phenoxy) is 2. The number of hydrogen-bond donors (Lipinski definition) is 1. The van der Waals surface area contributed by atoms with E-state index in [1.165, 1.54) is 0 Å². The molecule has 36 heavy (non-hydrogen) atoms. The highest BCUT2D eigenvalue weighted by Gasteiger charge is 2.19. The van der Waals surface area contributed by atoms with Crippen LogP contribution < -0.4 is 9.47 Å². The fraction of sp³-hybridized carbons (Fsp3) is 0.222. The van der Waals surface area contributed by atoms with Crippen molar-refractivity contribution in [3.63, 3.8) is 0 Å². The topological polar surface area (TPSA) is 99.6 Å². The van der Waals surface area contributed by atoms with Gasteiger partial charge in [0.05, 0.1) is 19.9 Å². The highest BCUT2D eigenvalue weighted by atomic mass is 32.2. The second kappa shape index (κ2) is 10.3. The minimum absolute atomic E-state index is 0.0650. The van der Waals surface area contributed by atoms with Gasteiger partial charge in [-0.05, 0) is 80.4 Å². The molecule has 9 heteroatoms. The number of rotatable bonds is 8. The van der Waals surface area contributed by atoms with Gasteiger partial charge in [0.15, 0.2) is 0 Å². The Balaban J connectivity index is 1.67. The molecule has 0 spiro atoms. The summed E-state index contributed by atoms with van der Waals surface area (Å²) in [6, 6.07) is 13.4. The van der Waals surface area contributed by atoms with Crippen LogP contribution in [0.15, 0.2) is 57.0 Å². The van der Waals surface area contributed by atoms with E-state index in [2.05, 4.69) is 40.7 Å². The zero-order chi connectivity index (χ0) is 26.0. The van der Waals surface area contributed by atoms with Crippen molar-refractivity contribution in [3.05, 3.63) is 75.4 Å². The zero-order valence-corrected chi connectivity index (χ0v) is 21.8. The van der Waals surface area contributed by atoms with Crippen LogP contribution in [0.25, 0.3) is 23.2 Å². The lowest BCUT2D eigenvalue weighted by atomic mass is 10.1. The molecule has 0 saturated carbocycles. The summed E-state index contributed by atoms with van der Waals surface area (Å²) < 4.78 is 18.5. The largest absolute Gasteiger partial charge is 0.497 e. The third-order valence-corrected chi connectivity index (χ3v) is 6.68. The first-order valence-corrected chi connectivity index (χ1v) is 12.0. The molecule has 0 fully saturated rings. The minimum atomic E-state index is -1.08. The van der Waals surface area contributed by atoms with Crippen LogP contribution in [0.1, 0.15) is 28.1 Å². The molecule has 0 amide bonds. The van der Waals surface area contributed by atoms with Gasteiger partial charge in [-0.1, -0.05) is 18.2 Å². The zero-order valence-electron chi connectivity index (χ0n) is 20.9. The Hall–Kier alpha value is -3.98. The molecule has 2 aromatic heterocycles. The number of nitrogens with zero attached hydrogens (tertiary/aromatic N) is 3. The molecule has 2 heterocycles. The third-order valence-electron chi connectivity index (χ3n) is 5.83. The molecule has 0 aliphatic carbocycles. The molecule has 1 N–H and O–H groups in total.